The number of ether oxygens (including phenoxy) is 4. The van der Waals surface area contributed by atoms with E-state index in [9.17, 15) is 19.8 Å². The van der Waals surface area contributed by atoms with E-state index in [1.165, 1.54) is 153 Å². The van der Waals surface area contributed by atoms with Crippen LogP contribution in [0.4, 0.5) is 0 Å². The van der Waals surface area contributed by atoms with Crippen LogP contribution in [0.2, 0.25) is 0 Å². The number of carbonyl (C=O) groups is 2. The zero-order chi connectivity index (χ0) is 50.4. The fraction of sp³-hybridized carbons (Fsp3) is 0.541. The summed E-state index contributed by atoms with van der Waals surface area (Å²) in [5.74, 6) is 0.854. The van der Waals surface area contributed by atoms with E-state index in [2.05, 4.69) is 23.8 Å². The van der Waals surface area contributed by atoms with Crippen molar-refractivity contribution in [3.8, 4) is 34.5 Å². The number of rotatable bonds is 40. The number of hydrogen-bond acceptors (Lipinski definition) is 10. The van der Waals surface area contributed by atoms with Crippen LogP contribution in [-0.2, 0) is 0 Å². The fourth-order valence-corrected chi connectivity index (χ4v) is 8.27. The molecule has 0 spiro atoms. The fourth-order valence-electron chi connectivity index (χ4n) is 8.27. The second kappa shape index (κ2) is 37.2. The van der Waals surface area contributed by atoms with E-state index >= 15 is 0 Å². The molecule has 0 aliphatic heterocycles. The predicted molar refractivity (Wildman–Crippen MR) is 291 cm³/mol. The molecule has 0 bridgehead atoms. The van der Waals surface area contributed by atoms with Crippen LogP contribution < -0.4 is 18.9 Å². The highest BCUT2D eigenvalue weighted by Gasteiger charge is 2.13. The standard InChI is InChI=1S/C61H86N2O8/c1-3-5-7-9-11-13-15-17-19-21-23-28-44-68-54-36-30-50(31-37-54)60(66)70-56-40-34-52(58(64)46-56)48-62-42-26-25-27-43-63-49-53-35-41-57(47-59(53)65)71-61(67)51-32-38-55(39-33-51)69-45-29-24-22-20-18-16-14-12-10-8-6-4-2/h30-41,46-49,64-65H,3-29,42-45H2,1-2H3. The number of benzene rings is 4. The third-order valence-corrected chi connectivity index (χ3v) is 12.7. The smallest absolute Gasteiger partial charge is 0.343 e. The van der Waals surface area contributed by atoms with E-state index in [1.54, 1.807) is 85.2 Å². The maximum Gasteiger partial charge on any atom is 0.343 e. The van der Waals surface area contributed by atoms with Crippen molar-refractivity contribution in [2.24, 2.45) is 9.98 Å². The Hall–Kier alpha value is -5.64. The van der Waals surface area contributed by atoms with Crippen LogP contribution >= 0.6 is 0 Å². The maximum absolute atomic E-state index is 12.8. The molecule has 4 aromatic rings. The molecule has 10 heteroatoms. The van der Waals surface area contributed by atoms with E-state index in [4.69, 9.17) is 18.9 Å². The minimum absolute atomic E-state index is 0.0278. The molecular weight excluding hydrogens is 889 g/mol. The van der Waals surface area contributed by atoms with E-state index < -0.39 is 11.9 Å². The van der Waals surface area contributed by atoms with Gasteiger partial charge in [0.15, 0.2) is 0 Å². The van der Waals surface area contributed by atoms with Gasteiger partial charge in [0, 0.05) is 48.8 Å². The normalized spacial score (nSPS) is 11.4. The number of phenolic OH excluding ortho intramolecular Hbond substituents is 2. The summed E-state index contributed by atoms with van der Waals surface area (Å²) in [7, 11) is 0. The van der Waals surface area contributed by atoms with Gasteiger partial charge in [-0.2, -0.15) is 0 Å². The van der Waals surface area contributed by atoms with Crippen molar-refractivity contribution in [2.75, 3.05) is 26.3 Å². The van der Waals surface area contributed by atoms with E-state index in [-0.39, 0.29) is 23.0 Å². The van der Waals surface area contributed by atoms with Gasteiger partial charge in [-0.15, -0.1) is 0 Å². The van der Waals surface area contributed by atoms with Crippen LogP contribution in [-0.4, -0.2) is 60.9 Å². The molecule has 2 N–H and O–H groups in total. The number of aromatic hydroxyl groups is 2. The van der Waals surface area contributed by atoms with Crippen LogP contribution in [0.1, 0.15) is 219 Å². The van der Waals surface area contributed by atoms with Crippen molar-refractivity contribution in [3.63, 3.8) is 0 Å². The molecule has 0 aliphatic rings. The molecule has 4 rings (SSSR count). The summed E-state index contributed by atoms with van der Waals surface area (Å²) >= 11 is 0. The van der Waals surface area contributed by atoms with Gasteiger partial charge < -0.3 is 29.2 Å². The minimum atomic E-state index is -0.515. The van der Waals surface area contributed by atoms with Gasteiger partial charge in [0.1, 0.15) is 34.5 Å². The summed E-state index contributed by atoms with van der Waals surface area (Å²) in [5, 5.41) is 21.1. The van der Waals surface area contributed by atoms with Gasteiger partial charge in [0.2, 0.25) is 0 Å². The minimum Gasteiger partial charge on any atom is -0.507 e. The van der Waals surface area contributed by atoms with Crippen LogP contribution in [0, 0.1) is 0 Å². The first-order valence-corrected chi connectivity index (χ1v) is 27.4. The molecular formula is C61H86N2O8. The molecule has 71 heavy (non-hydrogen) atoms. The first-order valence-electron chi connectivity index (χ1n) is 27.4. The Kier molecular flexibility index (Phi) is 30.3. The van der Waals surface area contributed by atoms with Crippen molar-refractivity contribution in [1.29, 1.82) is 0 Å². The second-order valence-corrected chi connectivity index (χ2v) is 18.9. The molecule has 0 aliphatic carbocycles. The third-order valence-electron chi connectivity index (χ3n) is 12.7. The van der Waals surface area contributed by atoms with E-state index in [0.717, 1.165) is 43.6 Å². The molecule has 4 aromatic carbocycles. The Morgan fingerprint density at radius 2 is 0.690 bits per heavy atom. The van der Waals surface area contributed by atoms with Crippen LogP contribution in [0.3, 0.4) is 0 Å². The number of aliphatic imine (C=N–C) groups is 2. The van der Waals surface area contributed by atoms with Gasteiger partial charge in [-0.3, -0.25) is 9.98 Å². The largest absolute Gasteiger partial charge is 0.507 e. The highest BCUT2D eigenvalue weighted by molar-refractivity contribution is 5.92. The predicted octanol–water partition coefficient (Wildman–Crippen LogP) is 16.4. The topological polar surface area (TPSA) is 136 Å². The average molecular weight is 975 g/mol. The Morgan fingerprint density at radius 3 is 1.01 bits per heavy atom. The van der Waals surface area contributed by atoms with Crippen molar-refractivity contribution < 1.29 is 38.7 Å². The summed E-state index contributed by atoms with van der Waals surface area (Å²) in [6.45, 7) is 7.00. The monoisotopic (exact) mass is 975 g/mol. The third kappa shape index (κ3) is 25.9. The second-order valence-electron chi connectivity index (χ2n) is 18.9. The summed E-state index contributed by atoms with van der Waals surface area (Å²) in [5.41, 5.74) is 1.86. The quantitative estimate of drug-likeness (QED) is 0.0195. The van der Waals surface area contributed by atoms with Crippen molar-refractivity contribution >= 4 is 24.4 Å². The molecule has 0 heterocycles. The molecule has 0 amide bonds. The van der Waals surface area contributed by atoms with Crippen LogP contribution in [0.5, 0.6) is 34.5 Å². The number of carbonyl (C=O) groups excluding carboxylic acids is 2. The van der Waals surface area contributed by atoms with Crippen molar-refractivity contribution in [1.82, 2.24) is 0 Å². The molecule has 0 unspecified atom stereocenters. The number of esters is 2. The summed E-state index contributed by atoms with van der Waals surface area (Å²) < 4.78 is 22.8. The number of nitrogens with zero attached hydrogens (tertiary/aromatic N) is 2. The highest BCUT2D eigenvalue weighted by atomic mass is 16.5. The number of unbranched alkanes of at least 4 members (excludes halogenated alkanes) is 24. The highest BCUT2D eigenvalue weighted by Crippen LogP contribution is 2.26. The summed E-state index contributed by atoms with van der Waals surface area (Å²) in [6, 6.07) is 23.3. The Labute approximate surface area is 426 Å². The lowest BCUT2D eigenvalue weighted by atomic mass is 10.1. The first-order chi connectivity index (χ1) is 34.9. The molecule has 0 fully saturated rings. The van der Waals surface area contributed by atoms with E-state index in [0.29, 0.717) is 48.6 Å². The Morgan fingerprint density at radius 1 is 0.394 bits per heavy atom. The van der Waals surface area contributed by atoms with Gasteiger partial charge in [0.05, 0.1) is 24.3 Å². The first kappa shape index (κ1) is 57.9. The zero-order valence-electron chi connectivity index (χ0n) is 43.4. The van der Waals surface area contributed by atoms with Gasteiger partial charge >= 0.3 is 11.9 Å². The molecule has 0 atom stereocenters. The molecule has 0 aromatic heterocycles. The zero-order valence-corrected chi connectivity index (χ0v) is 43.4. The molecule has 0 saturated carbocycles. The molecule has 0 radical (unpaired) electrons. The van der Waals surface area contributed by atoms with Gasteiger partial charge in [0.25, 0.3) is 0 Å². The van der Waals surface area contributed by atoms with Crippen LogP contribution in [0.25, 0.3) is 0 Å². The lowest BCUT2D eigenvalue weighted by Crippen LogP contribution is -2.08. The summed E-state index contributed by atoms with van der Waals surface area (Å²) in [4.78, 5) is 34.5. The molecule has 388 valence electrons. The van der Waals surface area contributed by atoms with Gasteiger partial charge in [-0.25, -0.2) is 9.59 Å². The average Bonchev–Trinajstić information content (AvgIpc) is 3.37. The Bertz CT molecular complexity index is 1950. The maximum atomic E-state index is 12.8. The van der Waals surface area contributed by atoms with Gasteiger partial charge in [-0.1, -0.05) is 155 Å². The van der Waals surface area contributed by atoms with Gasteiger partial charge in [-0.05, 0) is 105 Å². The lowest BCUT2D eigenvalue weighted by molar-refractivity contribution is 0.0724. The SMILES string of the molecule is CCCCCCCCCCCCCCOc1ccc(C(=O)Oc2ccc(C=NCCCCCN=Cc3ccc(OC(=O)c4ccc(OCCCCCCCCCCCCCC)cc4)cc3O)c(O)c2)cc1. The lowest BCUT2D eigenvalue weighted by Gasteiger charge is -2.08. The van der Waals surface area contributed by atoms with E-state index in [1.807, 2.05) is 0 Å². The summed E-state index contributed by atoms with van der Waals surface area (Å²) in [6.07, 6.45) is 37.0. The van der Waals surface area contributed by atoms with Crippen molar-refractivity contribution in [3.05, 3.63) is 107 Å². The molecule has 10 nitrogen and oxygen atoms in total. The Balaban J connectivity index is 1.02. The van der Waals surface area contributed by atoms with Crippen LogP contribution in [0.15, 0.2) is 94.9 Å². The number of hydrogen-bond donors (Lipinski definition) is 2. The molecule has 0 saturated heterocycles. The van der Waals surface area contributed by atoms with Crippen molar-refractivity contribution in [2.45, 2.75) is 187 Å². The number of phenols is 2.